The first-order valence-corrected chi connectivity index (χ1v) is 9.93. The lowest BCUT2D eigenvalue weighted by molar-refractivity contribution is -0.138. The Balaban J connectivity index is 1.57. The predicted molar refractivity (Wildman–Crippen MR) is 106 cm³/mol. The lowest BCUT2D eigenvalue weighted by Crippen LogP contribution is -2.65. The zero-order chi connectivity index (χ0) is 19.8. The number of carbonyl (C=O) groups is 2. The Hall–Kier alpha value is -2.61. The molecule has 0 radical (unpaired) electrons. The summed E-state index contributed by atoms with van der Waals surface area (Å²) in [5.74, 6) is 0.591. The number of urea groups is 1. The summed E-state index contributed by atoms with van der Waals surface area (Å²) in [6.07, 6.45) is 0.521. The van der Waals surface area contributed by atoms with Crippen molar-refractivity contribution in [1.29, 1.82) is 0 Å². The van der Waals surface area contributed by atoms with Crippen molar-refractivity contribution in [2.45, 2.75) is 32.5 Å². The van der Waals surface area contributed by atoms with Crippen LogP contribution in [0.3, 0.4) is 0 Å². The predicted octanol–water partition coefficient (Wildman–Crippen LogP) is 1.37. The Labute approximate surface area is 165 Å². The molecule has 2 atom stereocenters. The second-order valence-corrected chi connectivity index (χ2v) is 7.23. The van der Waals surface area contributed by atoms with Crippen LogP contribution in [0, 0.1) is 0 Å². The van der Waals surface area contributed by atoms with Gasteiger partial charge in [0, 0.05) is 32.4 Å². The van der Waals surface area contributed by atoms with Crippen LogP contribution in [0.4, 0.5) is 10.5 Å². The molecule has 3 aliphatic rings. The summed E-state index contributed by atoms with van der Waals surface area (Å²) in [4.78, 5) is 37.6. The molecule has 0 bridgehead atoms. The summed E-state index contributed by atoms with van der Waals surface area (Å²) >= 11 is 0. The fraction of sp³-hybridized carbons (Fsp3) is 0.550. The number of aliphatic imine (C=N–C) groups is 1. The molecule has 3 heterocycles. The molecule has 1 aromatic carbocycles. The van der Waals surface area contributed by atoms with Gasteiger partial charge in [-0.2, -0.15) is 0 Å². The minimum Gasteiger partial charge on any atom is -0.380 e. The van der Waals surface area contributed by atoms with E-state index in [1.165, 1.54) is 10.5 Å². The van der Waals surface area contributed by atoms with Gasteiger partial charge in [-0.25, -0.2) is 9.79 Å². The topological polar surface area (TPSA) is 68.7 Å². The Kier molecular flexibility index (Phi) is 4.97. The van der Waals surface area contributed by atoms with Crippen molar-refractivity contribution in [2.24, 2.45) is 4.99 Å². The molecule has 3 amide bonds. The first kappa shape index (κ1) is 18.7. The van der Waals surface area contributed by atoms with Gasteiger partial charge in [0.1, 0.15) is 0 Å². The fourth-order valence-corrected chi connectivity index (χ4v) is 4.10. The van der Waals surface area contributed by atoms with Gasteiger partial charge in [-0.15, -0.1) is 0 Å². The third-order valence-corrected chi connectivity index (χ3v) is 5.70. The second kappa shape index (κ2) is 7.43. The SMILES string of the molecule is CCOCCN1C(=O)C2C(N=C3N(c4ccc(CC)cc4)CCN32)N(C)C1=O. The van der Waals surface area contributed by atoms with Crippen molar-refractivity contribution in [1.82, 2.24) is 14.7 Å². The maximum atomic E-state index is 13.1. The van der Waals surface area contributed by atoms with Crippen LogP contribution >= 0.6 is 0 Å². The average Bonchev–Trinajstić information content (AvgIpc) is 3.28. The molecule has 0 N–H and O–H groups in total. The molecule has 28 heavy (non-hydrogen) atoms. The summed E-state index contributed by atoms with van der Waals surface area (Å²) in [5, 5.41) is 0. The van der Waals surface area contributed by atoms with Crippen molar-refractivity contribution in [2.75, 3.05) is 44.8 Å². The number of fused-ring (bicyclic) bond motifs is 3. The Morgan fingerprint density at radius 3 is 2.57 bits per heavy atom. The Morgan fingerprint density at radius 2 is 1.89 bits per heavy atom. The van der Waals surface area contributed by atoms with Crippen LogP contribution in [0.1, 0.15) is 19.4 Å². The zero-order valence-electron chi connectivity index (χ0n) is 16.7. The number of aryl methyl sites for hydroxylation is 1. The summed E-state index contributed by atoms with van der Waals surface area (Å²) < 4.78 is 5.34. The number of hydrogen-bond donors (Lipinski definition) is 0. The highest BCUT2D eigenvalue weighted by Crippen LogP contribution is 2.33. The Bertz CT molecular complexity index is 794. The summed E-state index contributed by atoms with van der Waals surface area (Å²) in [7, 11) is 1.72. The number of nitrogens with zero attached hydrogens (tertiary/aromatic N) is 5. The summed E-state index contributed by atoms with van der Waals surface area (Å²) in [5.41, 5.74) is 2.35. The third-order valence-electron chi connectivity index (χ3n) is 5.70. The van der Waals surface area contributed by atoms with Gasteiger partial charge in [0.25, 0.3) is 5.91 Å². The lowest BCUT2D eigenvalue weighted by atomic mass is 10.1. The molecule has 0 aliphatic carbocycles. The second-order valence-electron chi connectivity index (χ2n) is 7.23. The van der Waals surface area contributed by atoms with E-state index in [-0.39, 0.29) is 18.5 Å². The molecule has 8 nitrogen and oxygen atoms in total. The van der Waals surface area contributed by atoms with E-state index in [1.807, 2.05) is 11.8 Å². The number of benzene rings is 1. The Morgan fingerprint density at radius 1 is 1.14 bits per heavy atom. The van der Waals surface area contributed by atoms with E-state index in [2.05, 4.69) is 36.1 Å². The minimum atomic E-state index is -0.476. The van der Waals surface area contributed by atoms with Crippen LogP contribution in [-0.2, 0) is 16.0 Å². The molecular weight excluding hydrogens is 358 g/mol. The monoisotopic (exact) mass is 385 g/mol. The number of anilines is 1. The number of imide groups is 1. The van der Waals surface area contributed by atoms with Crippen LogP contribution in [0.25, 0.3) is 0 Å². The van der Waals surface area contributed by atoms with Crippen LogP contribution in [0.2, 0.25) is 0 Å². The van der Waals surface area contributed by atoms with Crippen LogP contribution in [0.5, 0.6) is 0 Å². The highest BCUT2D eigenvalue weighted by molar-refractivity contribution is 6.07. The molecule has 8 heteroatoms. The maximum absolute atomic E-state index is 13.1. The lowest BCUT2D eigenvalue weighted by Gasteiger charge is -2.40. The highest BCUT2D eigenvalue weighted by atomic mass is 16.5. The molecule has 0 spiro atoms. The fourth-order valence-electron chi connectivity index (χ4n) is 4.10. The smallest absolute Gasteiger partial charge is 0.328 e. The zero-order valence-corrected chi connectivity index (χ0v) is 16.7. The van der Waals surface area contributed by atoms with E-state index in [0.717, 1.165) is 24.6 Å². The van der Waals surface area contributed by atoms with E-state index in [9.17, 15) is 9.59 Å². The van der Waals surface area contributed by atoms with E-state index in [0.29, 0.717) is 19.8 Å². The number of amides is 3. The maximum Gasteiger partial charge on any atom is 0.328 e. The number of guanidine groups is 1. The molecular formula is C20H27N5O3. The van der Waals surface area contributed by atoms with Gasteiger partial charge >= 0.3 is 6.03 Å². The minimum absolute atomic E-state index is 0.185. The average molecular weight is 385 g/mol. The van der Waals surface area contributed by atoms with Crippen LogP contribution in [0.15, 0.2) is 29.3 Å². The standard InChI is InChI=1S/C20H27N5O3/c1-4-14-6-8-15(9-7-14)23-10-11-24-16-17(21-19(23)24)22(3)20(27)25(18(16)26)12-13-28-5-2/h6-9,16-17H,4-5,10-13H2,1-3H3. The van der Waals surface area contributed by atoms with Gasteiger partial charge in [0.05, 0.1) is 13.2 Å². The van der Waals surface area contributed by atoms with Gasteiger partial charge in [0.15, 0.2) is 12.2 Å². The molecule has 2 fully saturated rings. The molecule has 3 aliphatic heterocycles. The summed E-state index contributed by atoms with van der Waals surface area (Å²) in [6.45, 7) is 6.69. The van der Waals surface area contributed by atoms with Crippen molar-refractivity contribution in [3.63, 3.8) is 0 Å². The quantitative estimate of drug-likeness (QED) is 0.692. The van der Waals surface area contributed by atoms with Crippen molar-refractivity contribution in [3.8, 4) is 0 Å². The van der Waals surface area contributed by atoms with Gasteiger partial charge in [-0.3, -0.25) is 9.69 Å². The van der Waals surface area contributed by atoms with Gasteiger partial charge < -0.3 is 19.4 Å². The van der Waals surface area contributed by atoms with E-state index in [4.69, 9.17) is 9.73 Å². The van der Waals surface area contributed by atoms with Crippen LogP contribution < -0.4 is 4.90 Å². The molecule has 2 saturated heterocycles. The van der Waals surface area contributed by atoms with Gasteiger partial charge in [0.2, 0.25) is 5.96 Å². The molecule has 0 saturated carbocycles. The number of ether oxygens (including phenoxy) is 1. The highest BCUT2D eigenvalue weighted by Gasteiger charge is 2.54. The molecule has 150 valence electrons. The first-order chi connectivity index (χ1) is 13.6. The molecule has 1 aromatic rings. The first-order valence-electron chi connectivity index (χ1n) is 9.93. The van der Waals surface area contributed by atoms with E-state index in [1.54, 1.807) is 11.9 Å². The van der Waals surface area contributed by atoms with E-state index >= 15 is 0 Å². The molecule has 2 unspecified atom stereocenters. The van der Waals surface area contributed by atoms with Crippen molar-refractivity contribution in [3.05, 3.63) is 29.8 Å². The van der Waals surface area contributed by atoms with Gasteiger partial charge in [-0.1, -0.05) is 19.1 Å². The van der Waals surface area contributed by atoms with E-state index < -0.39 is 12.2 Å². The van der Waals surface area contributed by atoms with Crippen LogP contribution in [-0.4, -0.2) is 84.7 Å². The molecule has 0 aromatic heterocycles. The number of rotatable bonds is 6. The third kappa shape index (κ3) is 2.92. The number of hydrogen-bond acceptors (Lipinski definition) is 6. The largest absolute Gasteiger partial charge is 0.380 e. The van der Waals surface area contributed by atoms with Crippen molar-refractivity contribution >= 4 is 23.6 Å². The summed E-state index contributed by atoms with van der Waals surface area (Å²) in [6, 6.07) is 7.67. The van der Waals surface area contributed by atoms with Gasteiger partial charge in [-0.05, 0) is 31.0 Å². The number of carbonyl (C=O) groups excluding carboxylic acids is 2. The van der Waals surface area contributed by atoms with Crippen molar-refractivity contribution < 1.29 is 14.3 Å². The normalized spacial score (nSPS) is 24.0. The molecule has 4 rings (SSSR count). The number of likely N-dealkylation sites (N-methyl/N-ethyl adjacent to an activating group) is 1.